The smallest absolute Gasteiger partial charge is 0.307 e. The third-order valence-electron chi connectivity index (χ3n) is 3.47. The molecule has 0 saturated heterocycles. The van der Waals surface area contributed by atoms with E-state index in [-0.39, 0.29) is 0 Å². The first-order valence-electron chi connectivity index (χ1n) is 6.41. The molecule has 7 heteroatoms. The van der Waals surface area contributed by atoms with Crippen LogP contribution in [-0.2, 0) is 14.8 Å². The standard InChI is InChI=1S/C14H16N2O4S/c1-9(14(17)18)10(2)21(19,20)16-12-7-3-5-11-6-4-8-15-13(11)12/h3-10,16H,1-2H3,(H,17,18)/t9?,10-/m0/s1. The van der Waals surface area contributed by atoms with Crippen LogP contribution in [0.1, 0.15) is 13.8 Å². The van der Waals surface area contributed by atoms with E-state index < -0.39 is 27.2 Å². The maximum atomic E-state index is 12.3. The SMILES string of the molecule is CC(C(=O)O)[C@H](C)S(=O)(=O)Nc1cccc2cccnc12. The van der Waals surface area contributed by atoms with Gasteiger partial charge in [0.2, 0.25) is 10.0 Å². The number of aliphatic carboxylic acids is 1. The van der Waals surface area contributed by atoms with Crippen molar-refractivity contribution in [1.29, 1.82) is 0 Å². The van der Waals surface area contributed by atoms with Gasteiger partial charge in [0, 0.05) is 11.6 Å². The molecule has 0 saturated carbocycles. The number of hydrogen-bond acceptors (Lipinski definition) is 4. The highest BCUT2D eigenvalue weighted by molar-refractivity contribution is 7.93. The molecule has 1 aromatic heterocycles. The van der Waals surface area contributed by atoms with Crippen molar-refractivity contribution in [3.63, 3.8) is 0 Å². The fourth-order valence-corrected chi connectivity index (χ4v) is 3.21. The second-order valence-electron chi connectivity index (χ2n) is 4.86. The number of benzene rings is 1. The second kappa shape index (κ2) is 5.69. The van der Waals surface area contributed by atoms with Gasteiger partial charge in [-0.2, -0.15) is 0 Å². The van der Waals surface area contributed by atoms with E-state index in [1.807, 2.05) is 12.1 Å². The van der Waals surface area contributed by atoms with Gasteiger partial charge >= 0.3 is 5.97 Å². The van der Waals surface area contributed by atoms with E-state index in [9.17, 15) is 13.2 Å². The maximum Gasteiger partial charge on any atom is 0.307 e. The molecule has 2 atom stereocenters. The summed E-state index contributed by atoms with van der Waals surface area (Å²) >= 11 is 0. The van der Waals surface area contributed by atoms with Crippen LogP contribution in [0.25, 0.3) is 10.9 Å². The molecule has 0 bridgehead atoms. The molecule has 0 spiro atoms. The first-order valence-corrected chi connectivity index (χ1v) is 7.96. The predicted octanol–water partition coefficient (Wildman–Crippen LogP) is 2.09. The number of rotatable bonds is 5. The van der Waals surface area contributed by atoms with Crippen LogP contribution < -0.4 is 4.72 Å². The molecule has 0 aliphatic heterocycles. The highest BCUT2D eigenvalue weighted by Crippen LogP contribution is 2.24. The maximum absolute atomic E-state index is 12.3. The number of carboxylic acid groups (broad SMARTS) is 1. The van der Waals surface area contributed by atoms with Gasteiger partial charge in [0.15, 0.2) is 0 Å². The van der Waals surface area contributed by atoms with Crippen molar-refractivity contribution in [2.45, 2.75) is 19.1 Å². The fourth-order valence-electron chi connectivity index (χ4n) is 1.90. The van der Waals surface area contributed by atoms with Crippen LogP contribution in [-0.4, -0.2) is 29.7 Å². The van der Waals surface area contributed by atoms with E-state index >= 15 is 0 Å². The van der Waals surface area contributed by atoms with Crippen molar-refractivity contribution >= 4 is 32.6 Å². The molecule has 1 aromatic carbocycles. The monoisotopic (exact) mass is 308 g/mol. The van der Waals surface area contributed by atoms with Crippen LogP contribution in [0.4, 0.5) is 5.69 Å². The van der Waals surface area contributed by atoms with Gasteiger partial charge in [-0.1, -0.05) is 25.1 Å². The number of anilines is 1. The van der Waals surface area contributed by atoms with Crippen molar-refractivity contribution < 1.29 is 18.3 Å². The Hall–Kier alpha value is -2.15. The summed E-state index contributed by atoms with van der Waals surface area (Å²) in [5.74, 6) is -2.16. The van der Waals surface area contributed by atoms with E-state index in [0.29, 0.717) is 11.2 Å². The van der Waals surface area contributed by atoms with Gasteiger partial charge in [0.25, 0.3) is 0 Å². The minimum absolute atomic E-state index is 0.345. The molecule has 2 N–H and O–H groups in total. The van der Waals surface area contributed by atoms with Gasteiger partial charge in [-0.15, -0.1) is 0 Å². The lowest BCUT2D eigenvalue weighted by Gasteiger charge is -2.18. The zero-order valence-corrected chi connectivity index (χ0v) is 12.5. The first-order chi connectivity index (χ1) is 9.83. The molecule has 2 aromatic rings. The quantitative estimate of drug-likeness (QED) is 0.881. The lowest BCUT2D eigenvalue weighted by Crippen LogP contribution is -2.34. The Morgan fingerprint density at radius 3 is 2.57 bits per heavy atom. The van der Waals surface area contributed by atoms with Crippen molar-refractivity contribution in [3.05, 3.63) is 36.5 Å². The highest BCUT2D eigenvalue weighted by Gasteiger charge is 2.31. The van der Waals surface area contributed by atoms with E-state index in [2.05, 4.69) is 9.71 Å². The largest absolute Gasteiger partial charge is 0.481 e. The highest BCUT2D eigenvalue weighted by atomic mass is 32.2. The van der Waals surface area contributed by atoms with Crippen molar-refractivity contribution in [2.24, 2.45) is 5.92 Å². The van der Waals surface area contributed by atoms with Gasteiger partial charge < -0.3 is 5.11 Å². The van der Waals surface area contributed by atoms with Crippen LogP contribution >= 0.6 is 0 Å². The molecule has 0 amide bonds. The van der Waals surface area contributed by atoms with Crippen LogP contribution in [0.5, 0.6) is 0 Å². The molecule has 21 heavy (non-hydrogen) atoms. The van der Waals surface area contributed by atoms with Gasteiger partial charge in [-0.05, 0) is 19.1 Å². The van der Waals surface area contributed by atoms with Crippen LogP contribution in [0.2, 0.25) is 0 Å². The minimum Gasteiger partial charge on any atom is -0.481 e. The third kappa shape index (κ3) is 3.13. The van der Waals surface area contributed by atoms with Gasteiger partial charge in [0.05, 0.1) is 22.4 Å². The number of para-hydroxylation sites is 1. The Bertz CT molecular complexity index is 768. The zero-order chi connectivity index (χ0) is 15.6. The first kappa shape index (κ1) is 15.2. The summed E-state index contributed by atoms with van der Waals surface area (Å²) in [5, 5.41) is 8.69. The average Bonchev–Trinajstić information content (AvgIpc) is 2.45. The lowest BCUT2D eigenvalue weighted by atomic mass is 10.1. The predicted molar refractivity (Wildman–Crippen MR) is 80.5 cm³/mol. The Kier molecular flexibility index (Phi) is 4.13. The summed E-state index contributed by atoms with van der Waals surface area (Å²) in [4.78, 5) is 15.1. The van der Waals surface area contributed by atoms with Crippen LogP contribution in [0, 0.1) is 5.92 Å². The molecular weight excluding hydrogens is 292 g/mol. The molecule has 0 aliphatic carbocycles. The van der Waals surface area contributed by atoms with Gasteiger partial charge in [-0.25, -0.2) is 8.42 Å². The summed E-state index contributed by atoms with van der Waals surface area (Å²) < 4.78 is 27.0. The van der Waals surface area contributed by atoms with Crippen molar-refractivity contribution in [1.82, 2.24) is 4.98 Å². The van der Waals surface area contributed by atoms with E-state index in [0.717, 1.165) is 5.39 Å². The number of carboxylic acids is 1. The molecule has 1 unspecified atom stereocenters. The topological polar surface area (TPSA) is 96.4 Å². The Balaban J connectivity index is 2.37. The van der Waals surface area contributed by atoms with Crippen molar-refractivity contribution in [2.75, 3.05) is 4.72 Å². The van der Waals surface area contributed by atoms with E-state index in [1.165, 1.54) is 13.8 Å². The summed E-state index contributed by atoms with van der Waals surface area (Å²) in [6.45, 7) is 2.74. The third-order valence-corrected chi connectivity index (χ3v) is 5.36. The summed E-state index contributed by atoms with van der Waals surface area (Å²) in [6, 6.07) is 8.72. The number of aromatic nitrogens is 1. The molecule has 0 radical (unpaired) electrons. The summed E-state index contributed by atoms with van der Waals surface area (Å²) in [5.41, 5.74) is 0.872. The van der Waals surface area contributed by atoms with Crippen LogP contribution in [0.3, 0.4) is 0 Å². The van der Waals surface area contributed by atoms with E-state index in [4.69, 9.17) is 5.11 Å². The summed E-state index contributed by atoms with van der Waals surface area (Å²) in [7, 11) is -3.82. The Morgan fingerprint density at radius 1 is 1.24 bits per heavy atom. The number of sulfonamides is 1. The van der Waals surface area contributed by atoms with Gasteiger partial charge in [-0.3, -0.25) is 14.5 Å². The zero-order valence-electron chi connectivity index (χ0n) is 11.6. The molecule has 2 rings (SSSR count). The Morgan fingerprint density at radius 2 is 1.90 bits per heavy atom. The molecule has 1 heterocycles. The summed E-state index contributed by atoms with van der Waals surface area (Å²) in [6.07, 6.45) is 1.57. The molecule has 6 nitrogen and oxygen atoms in total. The fraction of sp³-hybridized carbons (Fsp3) is 0.286. The lowest BCUT2D eigenvalue weighted by molar-refractivity contribution is -0.141. The van der Waals surface area contributed by atoms with Gasteiger partial charge in [0.1, 0.15) is 0 Å². The van der Waals surface area contributed by atoms with Crippen LogP contribution in [0.15, 0.2) is 36.5 Å². The minimum atomic E-state index is -3.82. The Labute approximate surface area is 122 Å². The number of nitrogens with one attached hydrogen (secondary N) is 1. The number of pyridine rings is 1. The molecule has 0 aliphatic rings. The molecule has 112 valence electrons. The number of fused-ring (bicyclic) bond motifs is 1. The average molecular weight is 308 g/mol. The number of carbonyl (C=O) groups is 1. The normalized spacial score (nSPS) is 14.6. The molecule has 0 fully saturated rings. The van der Waals surface area contributed by atoms with E-state index in [1.54, 1.807) is 24.4 Å². The van der Waals surface area contributed by atoms with Crippen molar-refractivity contribution in [3.8, 4) is 0 Å². The molecular formula is C14H16N2O4S. The number of hydrogen-bond donors (Lipinski definition) is 2. The number of nitrogens with zero attached hydrogens (tertiary/aromatic N) is 1. The second-order valence-corrected chi connectivity index (χ2v) is 6.90.